The van der Waals surface area contributed by atoms with E-state index in [0.29, 0.717) is 0 Å². The summed E-state index contributed by atoms with van der Waals surface area (Å²) < 4.78 is 17.6. The van der Waals surface area contributed by atoms with E-state index in [1.54, 1.807) is 0 Å². The average molecular weight is 262 g/mol. The van der Waals surface area contributed by atoms with Gasteiger partial charge in [0.15, 0.2) is 0 Å². The van der Waals surface area contributed by atoms with Crippen LogP contribution in [0.25, 0.3) is 0 Å². The SMILES string of the molecule is CCCCO[Si](C)(OCCCC)OCCCC. The molecule has 0 rings (SSSR count). The van der Waals surface area contributed by atoms with Crippen molar-refractivity contribution < 1.29 is 13.3 Å². The van der Waals surface area contributed by atoms with E-state index in [-0.39, 0.29) is 0 Å². The van der Waals surface area contributed by atoms with E-state index in [1.165, 1.54) is 0 Å². The molecule has 17 heavy (non-hydrogen) atoms. The van der Waals surface area contributed by atoms with Crippen LogP contribution in [-0.4, -0.2) is 28.6 Å². The second-order valence-corrected chi connectivity index (χ2v) is 7.06. The molecule has 3 nitrogen and oxygen atoms in total. The monoisotopic (exact) mass is 262 g/mol. The highest BCUT2D eigenvalue weighted by Gasteiger charge is 2.34. The number of hydrogen-bond donors (Lipinski definition) is 0. The summed E-state index contributed by atoms with van der Waals surface area (Å²) in [5.41, 5.74) is 0. The Labute approximate surface area is 108 Å². The largest absolute Gasteiger partial charge is 0.497 e. The van der Waals surface area contributed by atoms with E-state index in [1.807, 2.05) is 6.55 Å². The van der Waals surface area contributed by atoms with E-state index in [2.05, 4.69) is 20.8 Å². The first-order chi connectivity index (χ1) is 8.18. The summed E-state index contributed by atoms with van der Waals surface area (Å²) in [6.07, 6.45) is 6.68. The molecule has 0 unspecified atom stereocenters. The van der Waals surface area contributed by atoms with Gasteiger partial charge >= 0.3 is 8.80 Å². The summed E-state index contributed by atoms with van der Waals surface area (Å²) in [5.74, 6) is 0. The van der Waals surface area contributed by atoms with Crippen molar-refractivity contribution >= 4 is 8.80 Å². The van der Waals surface area contributed by atoms with Crippen molar-refractivity contribution in [3.63, 3.8) is 0 Å². The predicted octanol–water partition coefficient (Wildman–Crippen LogP) is 4.01. The van der Waals surface area contributed by atoms with Crippen LogP contribution >= 0.6 is 0 Å². The number of rotatable bonds is 12. The molecule has 0 aromatic rings. The fourth-order valence-electron chi connectivity index (χ4n) is 1.33. The van der Waals surface area contributed by atoms with Gasteiger partial charge < -0.3 is 13.3 Å². The van der Waals surface area contributed by atoms with Crippen LogP contribution in [0.2, 0.25) is 6.55 Å². The van der Waals surface area contributed by atoms with Gasteiger partial charge in [0, 0.05) is 26.4 Å². The third kappa shape index (κ3) is 9.77. The Bertz CT molecular complexity index is 138. The van der Waals surface area contributed by atoms with Gasteiger partial charge in [-0.3, -0.25) is 0 Å². The van der Waals surface area contributed by atoms with E-state index in [0.717, 1.165) is 58.3 Å². The minimum absolute atomic E-state index is 0.761. The fraction of sp³-hybridized carbons (Fsp3) is 1.00. The van der Waals surface area contributed by atoms with E-state index in [4.69, 9.17) is 13.3 Å². The third-order valence-electron chi connectivity index (χ3n) is 2.59. The molecule has 0 fully saturated rings. The lowest BCUT2D eigenvalue weighted by Crippen LogP contribution is -2.43. The Hall–Kier alpha value is 0.0969. The minimum Gasteiger partial charge on any atom is -0.374 e. The molecule has 104 valence electrons. The van der Waals surface area contributed by atoms with Crippen molar-refractivity contribution in [1.82, 2.24) is 0 Å². The quantitative estimate of drug-likeness (QED) is 0.393. The molecule has 0 saturated heterocycles. The molecule has 0 aliphatic rings. The van der Waals surface area contributed by atoms with Crippen LogP contribution in [0, 0.1) is 0 Å². The van der Waals surface area contributed by atoms with Crippen molar-refractivity contribution in [2.45, 2.75) is 65.8 Å². The molecule has 0 heterocycles. The van der Waals surface area contributed by atoms with Crippen LogP contribution in [0.1, 0.15) is 59.3 Å². The number of unbranched alkanes of at least 4 members (excludes halogenated alkanes) is 3. The van der Waals surface area contributed by atoms with Crippen molar-refractivity contribution in [2.75, 3.05) is 19.8 Å². The van der Waals surface area contributed by atoms with Gasteiger partial charge in [0.05, 0.1) is 0 Å². The van der Waals surface area contributed by atoms with Gasteiger partial charge in [-0.25, -0.2) is 0 Å². The Morgan fingerprint density at radius 2 is 0.941 bits per heavy atom. The van der Waals surface area contributed by atoms with Crippen LogP contribution in [0.15, 0.2) is 0 Å². The summed E-state index contributed by atoms with van der Waals surface area (Å²) in [4.78, 5) is 0. The summed E-state index contributed by atoms with van der Waals surface area (Å²) in [7, 11) is -2.36. The summed E-state index contributed by atoms with van der Waals surface area (Å²) in [6, 6.07) is 0. The van der Waals surface area contributed by atoms with Crippen molar-refractivity contribution in [1.29, 1.82) is 0 Å². The molecule has 0 aromatic carbocycles. The van der Waals surface area contributed by atoms with Crippen LogP contribution in [0.4, 0.5) is 0 Å². The van der Waals surface area contributed by atoms with Gasteiger partial charge in [-0.1, -0.05) is 40.0 Å². The fourth-order valence-corrected chi connectivity index (χ4v) is 3.13. The third-order valence-corrected chi connectivity index (χ3v) is 4.77. The maximum Gasteiger partial charge on any atom is 0.497 e. The summed E-state index contributed by atoms with van der Waals surface area (Å²) in [5, 5.41) is 0. The Balaban J connectivity index is 3.95. The molecule has 0 N–H and O–H groups in total. The molecule has 0 amide bonds. The highest BCUT2D eigenvalue weighted by molar-refractivity contribution is 6.59. The second kappa shape index (κ2) is 11.2. The smallest absolute Gasteiger partial charge is 0.374 e. The molecule has 0 radical (unpaired) electrons. The van der Waals surface area contributed by atoms with Gasteiger partial charge in [0.1, 0.15) is 0 Å². The van der Waals surface area contributed by atoms with E-state index < -0.39 is 8.80 Å². The molecule has 0 saturated carbocycles. The highest BCUT2D eigenvalue weighted by Crippen LogP contribution is 2.12. The molecule has 0 aliphatic carbocycles. The van der Waals surface area contributed by atoms with E-state index in [9.17, 15) is 0 Å². The average Bonchev–Trinajstić information content (AvgIpc) is 2.30. The standard InChI is InChI=1S/C13H30O3Si/c1-5-8-11-14-17(4,15-12-9-6-2)16-13-10-7-3/h5-13H2,1-4H3. The van der Waals surface area contributed by atoms with Crippen LogP contribution in [-0.2, 0) is 13.3 Å². The first kappa shape index (κ1) is 17.1. The zero-order valence-electron chi connectivity index (χ0n) is 12.1. The molecule has 4 heteroatoms. The normalized spacial score (nSPS) is 12.0. The maximum absolute atomic E-state index is 5.86. The molecule has 0 aromatic heterocycles. The zero-order valence-corrected chi connectivity index (χ0v) is 13.1. The lowest BCUT2D eigenvalue weighted by Gasteiger charge is -2.26. The first-order valence-corrected chi connectivity index (χ1v) is 9.32. The molecular weight excluding hydrogens is 232 g/mol. The van der Waals surface area contributed by atoms with Crippen LogP contribution < -0.4 is 0 Å². The minimum atomic E-state index is -2.36. The first-order valence-electron chi connectivity index (χ1n) is 7.10. The van der Waals surface area contributed by atoms with Crippen molar-refractivity contribution in [3.8, 4) is 0 Å². The lowest BCUT2D eigenvalue weighted by atomic mass is 10.4. The predicted molar refractivity (Wildman–Crippen MR) is 74.2 cm³/mol. The Kier molecular flexibility index (Phi) is 11.3. The van der Waals surface area contributed by atoms with E-state index >= 15 is 0 Å². The molecule has 0 bridgehead atoms. The molecule has 0 aliphatic heterocycles. The topological polar surface area (TPSA) is 27.7 Å². The molecule has 0 atom stereocenters. The molecular formula is C13H30O3Si. The highest BCUT2D eigenvalue weighted by atomic mass is 28.4. The molecule has 0 spiro atoms. The van der Waals surface area contributed by atoms with Gasteiger partial charge in [-0.15, -0.1) is 0 Å². The van der Waals surface area contributed by atoms with Crippen LogP contribution in [0.3, 0.4) is 0 Å². The van der Waals surface area contributed by atoms with Gasteiger partial charge in [0.25, 0.3) is 0 Å². The number of hydrogen-bond acceptors (Lipinski definition) is 3. The summed E-state index contributed by atoms with van der Waals surface area (Å²) >= 11 is 0. The Morgan fingerprint density at radius 1 is 0.647 bits per heavy atom. The van der Waals surface area contributed by atoms with Gasteiger partial charge in [-0.2, -0.15) is 0 Å². The lowest BCUT2D eigenvalue weighted by molar-refractivity contribution is 0.0628. The summed E-state index contributed by atoms with van der Waals surface area (Å²) in [6.45, 7) is 10.8. The van der Waals surface area contributed by atoms with Gasteiger partial charge in [-0.05, 0) is 19.3 Å². The van der Waals surface area contributed by atoms with Crippen LogP contribution in [0.5, 0.6) is 0 Å². The Morgan fingerprint density at radius 3 is 1.18 bits per heavy atom. The van der Waals surface area contributed by atoms with Gasteiger partial charge in [0.2, 0.25) is 0 Å². The zero-order chi connectivity index (χ0) is 13.0. The maximum atomic E-state index is 5.86. The van der Waals surface area contributed by atoms with Crippen molar-refractivity contribution in [2.24, 2.45) is 0 Å². The second-order valence-electron chi connectivity index (χ2n) is 4.47. The van der Waals surface area contributed by atoms with Crippen molar-refractivity contribution in [3.05, 3.63) is 0 Å².